The summed E-state index contributed by atoms with van der Waals surface area (Å²) >= 11 is 6.02. The minimum Gasteiger partial charge on any atom is -0.503 e. The number of rotatable bonds is 3. The number of aromatic nitrogens is 1. The number of pyridine rings is 1. The monoisotopic (exact) mass is 346 g/mol. The number of benzene rings is 1. The maximum absolute atomic E-state index is 13.0. The van der Waals surface area contributed by atoms with Crippen LogP contribution in [0.3, 0.4) is 0 Å². The molecule has 0 bridgehead atoms. The molecule has 1 saturated heterocycles. The molecule has 24 heavy (non-hydrogen) atoms. The molecule has 0 spiro atoms. The number of phenolic OH excluding ortho intramolecular Hbond substituents is 1. The highest BCUT2D eigenvalue weighted by atomic mass is 35.5. The van der Waals surface area contributed by atoms with Crippen LogP contribution in [-0.4, -0.2) is 34.6 Å². The Bertz CT molecular complexity index is 751. The van der Waals surface area contributed by atoms with Crippen molar-refractivity contribution in [1.29, 1.82) is 0 Å². The molecule has 5 nitrogen and oxygen atoms in total. The molecule has 2 aromatic rings. The lowest BCUT2D eigenvalue weighted by atomic mass is 10.0. The number of methoxy groups -OCH3 is 1. The van der Waals surface area contributed by atoms with Gasteiger partial charge in [-0.1, -0.05) is 24.6 Å². The van der Waals surface area contributed by atoms with Gasteiger partial charge >= 0.3 is 0 Å². The van der Waals surface area contributed by atoms with E-state index in [0.717, 1.165) is 12.0 Å². The van der Waals surface area contributed by atoms with Crippen LogP contribution in [0.15, 0.2) is 36.7 Å². The Hall–Kier alpha value is -2.27. The number of carbonyl (C=O) groups excluding carboxylic acids is 1. The van der Waals surface area contributed by atoms with E-state index in [1.807, 2.05) is 17.0 Å². The SMILES string of the molecule is COc1cc(C(=O)N2C[C@H](C)C[C@@H]2c2cccnc2)cc(Cl)c1O. The van der Waals surface area contributed by atoms with Gasteiger partial charge in [0.2, 0.25) is 0 Å². The maximum Gasteiger partial charge on any atom is 0.254 e. The van der Waals surface area contributed by atoms with E-state index >= 15 is 0 Å². The molecule has 1 N–H and O–H groups in total. The lowest BCUT2D eigenvalue weighted by Gasteiger charge is -2.25. The van der Waals surface area contributed by atoms with Gasteiger partial charge in [-0.2, -0.15) is 0 Å². The predicted molar refractivity (Wildman–Crippen MR) is 91.5 cm³/mol. The van der Waals surface area contributed by atoms with Crippen molar-refractivity contribution in [3.05, 3.63) is 52.8 Å². The molecule has 0 aliphatic carbocycles. The van der Waals surface area contributed by atoms with Crippen LogP contribution in [0.25, 0.3) is 0 Å². The first-order chi connectivity index (χ1) is 11.5. The maximum atomic E-state index is 13.0. The zero-order chi connectivity index (χ0) is 17.3. The molecule has 2 heterocycles. The molecule has 1 aromatic heterocycles. The highest BCUT2D eigenvalue weighted by molar-refractivity contribution is 6.32. The highest BCUT2D eigenvalue weighted by Crippen LogP contribution is 2.39. The van der Waals surface area contributed by atoms with Gasteiger partial charge in [-0.05, 0) is 36.1 Å². The third kappa shape index (κ3) is 3.04. The lowest BCUT2D eigenvalue weighted by molar-refractivity contribution is 0.0731. The summed E-state index contributed by atoms with van der Waals surface area (Å²) in [5.74, 6) is 0.299. The fourth-order valence-electron chi connectivity index (χ4n) is 3.18. The molecule has 2 atom stereocenters. The largest absolute Gasteiger partial charge is 0.503 e. The number of hydrogen-bond donors (Lipinski definition) is 1. The molecule has 0 unspecified atom stereocenters. The summed E-state index contributed by atoms with van der Waals surface area (Å²) in [6, 6.07) is 6.85. The number of phenols is 1. The molecular weight excluding hydrogens is 328 g/mol. The molecule has 0 radical (unpaired) electrons. The van der Waals surface area contributed by atoms with Crippen LogP contribution in [0.4, 0.5) is 0 Å². The Kier molecular flexibility index (Phi) is 4.62. The standard InChI is InChI=1S/C18H19ClN2O3/c1-11-6-15(12-4-3-5-20-9-12)21(10-11)18(23)13-7-14(19)17(22)16(8-13)24-2/h3-5,7-9,11,15,22H,6,10H2,1-2H3/t11-,15-/m1/s1. The van der Waals surface area contributed by atoms with Crippen molar-refractivity contribution in [2.45, 2.75) is 19.4 Å². The van der Waals surface area contributed by atoms with E-state index in [2.05, 4.69) is 11.9 Å². The Labute approximate surface area is 145 Å². The quantitative estimate of drug-likeness (QED) is 0.921. The Morgan fingerprint density at radius 2 is 2.25 bits per heavy atom. The number of hydrogen-bond acceptors (Lipinski definition) is 4. The van der Waals surface area contributed by atoms with Gasteiger partial charge in [-0.25, -0.2) is 0 Å². The van der Waals surface area contributed by atoms with Crippen molar-refractivity contribution < 1.29 is 14.6 Å². The van der Waals surface area contributed by atoms with Gasteiger partial charge in [0.15, 0.2) is 11.5 Å². The van der Waals surface area contributed by atoms with Gasteiger partial charge in [-0.3, -0.25) is 9.78 Å². The summed E-state index contributed by atoms with van der Waals surface area (Å²) in [6.07, 6.45) is 4.41. The summed E-state index contributed by atoms with van der Waals surface area (Å²) in [6.45, 7) is 2.79. The van der Waals surface area contributed by atoms with Crippen LogP contribution in [0, 0.1) is 5.92 Å². The first-order valence-corrected chi connectivity index (χ1v) is 8.16. The second kappa shape index (κ2) is 6.69. The van der Waals surface area contributed by atoms with Gasteiger partial charge < -0.3 is 14.7 Å². The summed E-state index contributed by atoms with van der Waals surface area (Å²) in [5, 5.41) is 9.95. The van der Waals surface area contributed by atoms with E-state index in [1.165, 1.54) is 19.2 Å². The molecule has 126 valence electrons. The van der Waals surface area contributed by atoms with Crippen LogP contribution in [0.5, 0.6) is 11.5 Å². The lowest BCUT2D eigenvalue weighted by Crippen LogP contribution is -2.31. The van der Waals surface area contributed by atoms with Crippen LogP contribution >= 0.6 is 11.6 Å². The van der Waals surface area contributed by atoms with E-state index in [4.69, 9.17) is 16.3 Å². The minimum atomic E-state index is -0.158. The number of aromatic hydroxyl groups is 1. The van der Waals surface area contributed by atoms with Gasteiger partial charge in [0, 0.05) is 24.5 Å². The van der Waals surface area contributed by atoms with Gasteiger partial charge in [0.05, 0.1) is 18.2 Å². The number of amides is 1. The van der Waals surface area contributed by atoms with Crippen LogP contribution in [0.1, 0.15) is 35.3 Å². The second-order valence-electron chi connectivity index (χ2n) is 6.11. The fourth-order valence-corrected chi connectivity index (χ4v) is 3.39. The molecule has 1 amide bonds. The summed E-state index contributed by atoms with van der Waals surface area (Å²) in [4.78, 5) is 19.0. The molecule has 1 aromatic carbocycles. The summed E-state index contributed by atoms with van der Waals surface area (Å²) < 4.78 is 5.10. The first kappa shape index (κ1) is 16.6. The van der Waals surface area contributed by atoms with Gasteiger partial charge in [0.1, 0.15) is 0 Å². The number of likely N-dealkylation sites (tertiary alicyclic amines) is 1. The molecule has 3 rings (SSSR count). The number of ether oxygens (including phenoxy) is 1. The number of carbonyl (C=O) groups is 1. The third-order valence-corrected chi connectivity index (χ3v) is 4.62. The zero-order valence-corrected chi connectivity index (χ0v) is 14.3. The van der Waals surface area contributed by atoms with Crippen molar-refractivity contribution in [1.82, 2.24) is 9.88 Å². The van der Waals surface area contributed by atoms with E-state index in [1.54, 1.807) is 12.4 Å². The van der Waals surface area contributed by atoms with Crippen LogP contribution in [0.2, 0.25) is 5.02 Å². The molecule has 1 aliphatic heterocycles. The highest BCUT2D eigenvalue weighted by Gasteiger charge is 2.35. The minimum absolute atomic E-state index is 0.0141. The summed E-state index contributed by atoms with van der Waals surface area (Å²) in [5.41, 5.74) is 1.42. The second-order valence-corrected chi connectivity index (χ2v) is 6.52. The van der Waals surface area contributed by atoms with Crippen molar-refractivity contribution in [3.8, 4) is 11.5 Å². The first-order valence-electron chi connectivity index (χ1n) is 7.78. The average molecular weight is 347 g/mol. The third-order valence-electron chi connectivity index (χ3n) is 4.34. The van der Waals surface area contributed by atoms with Crippen LogP contribution < -0.4 is 4.74 Å². The number of nitrogens with zero attached hydrogens (tertiary/aromatic N) is 2. The topological polar surface area (TPSA) is 62.7 Å². The molecule has 1 fully saturated rings. The van der Waals surface area contributed by atoms with Crippen LogP contribution in [-0.2, 0) is 0 Å². The Morgan fingerprint density at radius 3 is 2.92 bits per heavy atom. The van der Waals surface area contributed by atoms with Crippen molar-refractivity contribution in [2.24, 2.45) is 5.92 Å². The van der Waals surface area contributed by atoms with E-state index in [-0.39, 0.29) is 28.5 Å². The van der Waals surface area contributed by atoms with E-state index < -0.39 is 0 Å². The molecule has 0 saturated carbocycles. The predicted octanol–water partition coefficient (Wildman–Crippen LogP) is 3.67. The van der Waals surface area contributed by atoms with Crippen molar-refractivity contribution >= 4 is 17.5 Å². The van der Waals surface area contributed by atoms with E-state index in [9.17, 15) is 9.90 Å². The van der Waals surface area contributed by atoms with Crippen molar-refractivity contribution in [2.75, 3.05) is 13.7 Å². The molecular formula is C18H19ClN2O3. The Morgan fingerprint density at radius 1 is 1.46 bits per heavy atom. The molecule has 1 aliphatic rings. The normalized spacial score (nSPS) is 20.2. The van der Waals surface area contributed by atoms with E-state index in [0.29, 0.717) is 18.0 Å². The summed E-state index contributed by atoms with van der Waals surface area (Å²) in [7, 11) is 1.43. The van der Waals surface area contributed by atoms with Crippen molar-refractivity contribution in [3.63, 3.8) is 0 Å². The van der Waals surface area contributed by atoms with Gasteiger partial charge in [0.25, 0.3) is 5.91 Å². The Balaban J connectivity index is 1.95. The van der Waals surface area contributed by atoms with Gasteiger partial charge in [-0.15, -0.1) is 0 Å². The molecule has 6 heteroatoms. The number of halogens is 1. The fraction of sp³-hybridized carbons (Fsp3) is 0.333. The average Bonchev–Trinajstić information content (AvgIpc) is 2.99. The zero-order valence-electron chi connectivity index (χ0n) is 13.6. The smallest absolute Gasteiger partial charge is 0.254 e.